The van der Waals surface area contributed by atoms with Crippen LogP contribution in [0.1, 0.15) is 5.69 Å². The molecule has 4 aromatic heterocycles. The molecule has 0 aliphatic heterocycles. The standard InChI is InChI=1S/C22H16N4O2S3/c1-2-8-26-20(28)19-16(12-17(31-19)14-6-4-3-5-7-14)24-22(26)30-13-15-11-18(27)25-9-10-29-21(25)23-15/h2-7,9-12H,1,8,13H2. The van der Waals surface area contributed by atoms with Crippen LogP contribution >= 0.6 is 34.4 Å². The zero-order chi connectivity index (χ0) is 21.4. The summed E-state index contributed by atoms with van der Waals surface area (Å²) in [5.74, 6) is 0.439. The molecule has 0 spiro atoms. The fraction of sp³-hybridized carbons (Fsp3) is 0.0909. The Morgan fingerprint density at radius 2 is 1.97 bits per heavy atom. The molecule has 0 saturated heterocycles. The smallest absolute Gasteiger partial charge is 0.272 e. The molecular weight excluding hydrogens is 448 g/mol. The monoisotopic (exact) mass is 464 g/mol. The van der Waals surface area contributed by atoms with Crippen LogP contribution in [0.2, 0.25) is 0 Å². The maximum atomic E-state index is 13.2. The van der Waals surface area contributed by atoms with Gasteiger partial charge in [-0.3, -0.25) is 18.6 Å². The molecule has 1 aromatic carbocycles. The first-order chi connectivity index (χ1) is 15.1. The van der Waals surface area contributed by atoms with E-state index in [1.807, 2.05) is 41.8 Å². The van der Waals surface area contributed by atoms with E-state index in [1.165, 1.54) is 44.9 Å². The Balaban J connectivity index is 1.54. The van der Waals surface area contributed by atoms with Crippen molar-refractivity contribution < 1.29 is 0 Å². The fourth-order valence-corrected chi connectivity index (χ4v) is 5.93. The summed E-state index contributed by atoms with van der Waals surface area (Å²) < 4.78 is 3.77. The van der Waals surface area contributed by atoms with E-state index in [2.05, 4.69) is 11.6 Å². The molecule has 31 heavy (non-hydrogen) atoms. The minimum Gasteiger partial charge on any atom is -0.282 e. The molecular formula is C22H16N4O2S3. The molecule has 0 amide bonds. The molecule has 5 rings (SSSR count). The predicted molar refractivity (Wildman–Crippen MR) is 128 cm³/mol. The number of rotatable bonds is 6. The number of thiazole rings is 1. The highest BCUT2D eigenvalue weighted by atomic mass is 32.2. The number of fused-ring (bicyclic) bond motifs is 2. The van der Waals surface area contributed by atoms with Gasteiger partial charge in [-0.2, -0.15) is 0 Å². The summed E-state index contributed by atoms with van der Waals surface area (Å²) in [6.45, 7) is 4.14. The molecule has 0 N–H and O–H groups in total. The molecule has 9 heteroatoms. The zero-order valence-electron chi connectivity index (χ0n) is 16.2. The molecule has 0 unspecified atom stereocenters. The Morgan fingerprint density at radius 1 is 1.13 bits per heavy atom. The summed E-state index contributed by atoms with van der Waals surface area (Å²) in [7, 11) is 0. The quantitative estimate of drug-likeness (QED) is 0.207. The van der Waals surface area contributed by atoms with Gasteiger partial charge in [0.25, 0.3) is 11.1 Å². The van der Waals surface area contributed by atoms with E-state index < -0.39 is 0 Å². The summed E-state index contributed by atoms with van der Waals surface area (Å²) in [5.41, 5.74) is 2.20. The second-order valence-electron chi connectivity index (χ2n) is 6.72. The highest BCUT2D eigenvalue weighted by Gasteiger charge is 2.15. The number of allylic oxidation sites excluding steroid dienone is 1. The van der Waals surface area contributed by atoms with Crippen molar-refractivity contribution in [3.8, 4) is 10.4 Å². The maximum absolute atomic E-state index is 13.2. The Kier molecular flexibility index (Phi) is 5.31. The van der Waals surface area contributed by atoms with Crippen LogP contribution in [0.3, 0.4) is 0 Å². The van der Waals surface area contributed by atoms with E-state index in [0.717, 1.165) is 10.4 Å². The second kappa shape index (κ2) is 8.26. The molecule has 0 saturated carbocycles. The van der Waals surface area contributed by atoms with Crippen LogP contribution in [-0.4, -0.2) is 18.9 Å². The normalized spacial score (nSPS) is 11.4. The van der Waals surface area contributed by atoms with Crippen LogP contribution in [0.25, 0.3) is 25.6 Å². The third kappa shape index (κ3) is 3.76. The number of thioether (sulfide) groups is 1. The largest absolute Gasteiger partial charge is 0.282 e. The van der Waals surface area contributed by atoms with Gasteiger partial charge in [-0.05, 0) is 11.6 Å². The van der Waals surface area contributed by atoms with Gasteiger partial charge in [0.05, 0.1) is 11.2 Å². The number of hydrogen-bond acceptors (Lipinski definition) is 7. The van der Waals surface area contributed by atoms with Crippen molar-refractivity contribution in [2.75, 3.05) is 0 Å². The molecule has 4 heterocycles. The second-order valence-corrected chi connectivity index (χ2v) is 9.59. The first-order valence-electron chi connectivity index (χ1n) is 9.43. The van der Waals surface area contributed by atoms with Crippen LogP contribution in [0.5, 0.6) is 0 Å². The molecule has 0 bridgehead atoms. The Hall–Kier alpha value is -3.01. The SMILES string of the molecule is C=CCn1c(SCc2cc(=O)n3ccsc3n2)nc2cc(-c3ccccc3)sc2c1=O. The number of benzene rings is 1. The highest BCUT2D eigenvalue weighted by molar-refractivity contribution is 7.98. The van der Waals surface area contributed by atoms with Gasteiger partial charge < -0.3 is 0 Å². The predicted octanol–water partition coefficient (Wildman–Crippen LogP) is 4.67. The summed E-state index contributed by atoms with van der Waals surface area (Å²) in [4.78, 5) is 36.4. The molecule has 154 valence electrons. The van der Waals surface area contributed by atoms with Crippen molar-refractivity contribution in [2.24, 2.45) is 0 Å². The van der Waals surface area contributed by atoms with Gasteiger partial charge in [-0.15, -0.1) is 29.3 Å². The van der Waals surface area contributed by atoms with Crippen LogP contribution in [0.4, 0.5) is 0 Å². The molecule has 0 aliphatic carbocycles. The first kappa shape index (κ1) is 19.9. The lowest BCUT2D eigenvalue weighted by Crippen LogP contribution is -2.22. The van der Waals surface area contributed by atoms with Crippen molar-refractivity contribution in [1.82, 2.24) is 18.9 Å². The molecule has 0 radical (unpaired) electrons. The fourth-order valence-electron chi connectivity index (χ4n) is 3.24. The molecule has 0 fully saturated rings. The Bertz CT molecular complexity index is 1530. The van der Waals surface area contributed by atoms with Gasteiger partial charge in [-0.25, -0.2) is 9.97 Å². The average molecular weight is 465 g/mol. The van der Waals surface area contributed by atoms with Crippen molar-refractivity contribution in [3.05, 3.63) is 93.1 Å². The van der Waals surface area contributed by atoms with Crippen LogP contribution in [0.15, 0.2) is 81.4 Å². The lowest BCUT2D eigenvalue weighted by atomic mass is 10.2. The van der Waals surface area contributed by atoms with Crippen molar-refractivity contribution in [2.45, 2.75) is 17.5 Å². The topological polar surface area (TPSA) is 69.3 Å². The Labute approximate surface area is 189 Å². The molecule has 6 nitrogen and oxygen atoms in total. The summed E-state index contributed by atoms with van der Waals surface area (Å²) in [5, 5.41) is 2.42. The average Bonchev–Trinajstić information content (AvgIpc) is 3.43. The van der Waals surface area contributed by atoms with Gasteiger partial charge in [0.15, 0.2) is 10.1 Å². The van der Waals surface area contributed by atoms with Crippen molar-refractivity contribution >= 4 is 49.6 Å². The zero-order valence-corrected chi connectivity index (χ0v) is 18.7. The third-order valence-electron chi connectivity index (χ3n) is 4.67. The molecule has 0 aliphatic rings. The van der Waals surface area contributed by atoms with Gasteiger partial charge in [0, 0.05) is 34.8 Å². The van der Waals surface area contributed by atoms with E-state index in [-0.39, 0.29) is 11.1 Å². The summed E-state index contributed by atoms with van der Waals surface area (Å²) in [6.07, 6.45) is 3.40. The van der Waals surface area contributed by atoms with Gasteiger partial charge in [0.1, 0.15) is 4.70 Å². The van der Waals surface area contributed by atoms with Crippen molar-refractivity contribution in [3.63, 3.8) is 0 Å². The molecule has 0 atom stereocenters. The van der Waals surface area contributed by atoms with E-state index in [1.54, 1.807) is 16.8 Å². The minimum absolute atomic E-state index is 0.0821. The van der Waals surface area contributed by atoms with E-state index in [0.29, 0.717) is 38.3 Å². The number of hydrogen-bond donors (Lipinski definition) is 0. The van der Waals surface area contributed by atoms with Crippen LogP contribution in [-0.2, 0) is 12.3 Å². The summed E-state index contributed by atoms with van der Waals surface area (Å²) in [6, 6.07) is 13.4. The number of nitrogens with zero attached hydrogens (tertiary/aromatic N) is 4. The third-order valence-corrected chi connectivity index (χ3v) is 7.60. The maximum Gasteiger partial charge on any atom is 0.272 e. The first-order valence-corrected chi connectivity index (χ1v) is 12.1. The van der Waals surface area contributed by atoms with Gasteiger partial charge in [-0.1, -0.05) is 48.2 Å². The van der Waals surface area contributed by atoms with Gasteiger partial charge in [0.2, 0.25) is 0 Å². The van der Waals surface area contributed by atoms with E-state index >= 15 is 0 Å². The number of aromatic nitrogens is 4. The molecule has 5 aromatic rings. The highest BCUT2D eigenvalue weighted by Crippen LogP contribution is 2.32. The lowest BCUT2D eigenvalue weighted by molar-refractivity contribution is 0.672. The van der Waals surface area contributed by atoms with Gasteiger partial charge >= 0.3 is 0 Å². The van der Waals surface area contributed by atoms with Crippen LogP contribution in [0, 0.1) is 0 Å². The van der Waals surface area contributed by atoms with E-state index in [9.17, 15) is 9.59 Å². The summed E-state index contributed by atoms with van der Waals surface area (Å²) >= 11 is 4.26. The lowest BCUT2D eigenvalue weighted by Gasteiger charge is -2.09. The minimum atomic E-state index is -0.112. The Morgan fingerprint density at radius 3 is 2.77 bits per heavy atom. The van der Waals surface area contributed by atoms with Crippen LogP contribution < -0.4 is 11.1 Å². The van der Waals surface area contributed by atoms with E-state index in [4.69, 9.17) is 4.98 Å². The number of thiophene rings is 1. The van der Waals surface area contributed by atoms with Crippen molar-refractivity contribution in [1.29, 1.82) is 0 Å².